The molecule has 0 fully saturated rings. The Morgan fingerprint density at radius 2 is 1.72 bits per heavy atom. The van der Waals surface area contributed by atoms with E-state index in [4.69, 9.17) is 11.6 Å². The molecule has 0 nitrogen and oxygen atoms in total. The number of hydrogen-bond acceptors (Lipinski definition) is 0. The third kappa shape index (κ3) is 3.27. The molecule has 0 aliphatic carbocycles. The quantitative estimate of drug-likeness (QED) is 0.487. The third-order valence-electron chi connectivity index (χ3n) is 2.99. The lowest BCUT2D eigenvalue weighted by atomic mass is 10.0. The summed E-state index contributed by atoms with van der Waals surface area (Å²) >= 11 is 8.90. The van der Waals surface area contributed by atoms with E-state index in [-0.39, 0.29) is 5.38 Å². The Morgan fingerprint density at radius 1 is 1.06 bits per heavy atom. The second-order valence-electron chi connectivity index (χ2n) is 4.38. The number of aryl methyl sites for hydroxylation is 1. The van der Waals surface area contributed by atoms with Gasteiger partial charge in [0.1, 0.15) is 0 Å². The van der Waals surface area contributed by atoms with E-state index in [0.29, 0.717) is 0 Å². The summed E-state index contributed by atoms with van der Waals surface area (Å²) in [4.78, 5) is 0. The van der Waals surface area contributed by atoms with E-state index in [1.54, 1.807) is 0 Å². The average Bonchev–Trinajstić information content (AvgIpc) is 2.40. The Balaban J connectivity index is 2.23. The Morgan fingerprint density at radius 3 is 2.33 bits per heavy atom. The summed E-state index contributed by atoms with van der Waals surface area (Å²) in [6.45, 7) is 2.20. The maximum atomic E-state index is 6.56. The molecule has 1 unspecified atom stereocenters. The summed E-state index contributed by atoms with van der Waals surface area (Å²) in [7, 11) is 0. The second-order valence-corrected chi connectivity index (χ2v) is 5.97. The highest BCUT2D eigenvalue weighted by Crippen LogP contribution is 2.31. The van der Waals surface area contributed by atoms with E-state index >= 15 is 0 Å². The van der Waals surface area contributed by atoms with Crippen molar-refractivity contribution in [2.24, 2.45) is 0 Å². The number of hydrogen-bond donors (Lipinski definition) is 0. The lowest BCUT2D eigenvalue weighted by Crippen LogP contribution is -1.96. The van der Waals surface area contributed by atoms with Crippen molar-refractivity contribution in [3.05, 3.63) is 68.8 Å². The fourth-order valence-corrected chi connectivity index (χ4v) is 3.22. The molecule has 0 amide bonds. The minimum atomic E-state index is -0.0613. The van der Waals surface area contributed by atoms with Crippen LogP contribution in [0, 0.1) is 3.57 Å². The molecule has 0 heterocycles. The van der Waals surface area contributed by atoms with Crippen LogP contribution in [0.15, 0.2) is 48.5 Å². The zero-order chi connectivity index (χ0) is 13.0. The molecule has 0 radical (unpaired) electrons. The first-order chi connectivity index (χ1) is 8.72. The van der Waals surface area contributed by atoms with Gasteiger partial charge in [-0.15, -0.1) is 11.6 Å². The molecule has 2 aromatic rings. The first-order valence-electron chi connectivity index (χ1n) is 6.19. The second kappa shape index (κ2) is 6.58. The largest absolute Gasteiger partial charge is 0.113 e. The molecule has 2 heteroatoms. The SMILES string of the molecule is CCCc1ccc(C(Cl)c2ccccc2I)cc1. The zero-order valence-electron chi connectivity index (χ0n) is 10.4. The van der Waals surface area contributed by atoms with Crippen molar-refractivity contribution in [3.63, 3.8) is 0 Å². The van der Waals surface area contributed by atoms with Crippen LogP contribution in [0.2, 0.25) is 0 Å². The van der Waals surface area contributed by atoms with Crippen LogP contribution < -0.4 is 0 Å². The average molecular weight is 371 g/mol. The highest BCUT2D eigenvalue weighted by molar-refractivity contribution is 14.1. The van der Waals surface area contributed by atoms with E-state index in [9.17, 15) is 0 Å². The Kier molecular flexibility index (Phi) is 5.07. The van der Waals surface area contributed by atoms with Crippen LogP contribution >= 0.6 is 34.2 Å². The van der Waals surface area contributed by atoms with Crippen molar-refractivity contribution in [2.75, 3.05) is 0 Å². The number of benzene rings is 2. The fourth-order valence-electron chi connectivity index (χ4n) is 2.00. The summed E-state index contributed by atoms with van der Waals surface area (Å²) in [5.74, 6) is 0. The van der Waals surface area contributed by atoms with E-state index in [0.717, 1.165) is 6.42 Å². The molecule has 0 saturated carbocycles. The molecule has 1 atom stereocenters. The molecule has 2 aromatic carbocycles. The first-order valence-corrected chi connectivity index (χ1v) is 7.71. The lowest BCUT2D eigenvalue weighted by molar-refractivity contribution is 0.920. The van der Waals surface area contributed by atoms with Crippen molar-refractivity contribution in [1.29, 1.82) is 0 Å². The Hall–Kier alpha value is -0.540. The molecule has 0 N–H and O–H groups in total. The topological polar surface area (TPSA) is 0 Å². The minimum Gasteiger partial charge on any atom is -0.113 e. The van der Waals surface area contributed by atoms with Crippen LogP contribution in [-0.4, -0.2) is 0 Å². The highest BCUT2D eigenvalue weighted by atomic mass is 127. The molecular weight excluding hydrogens is 355 g/mol. The molecule has 0 aromatic heterocycles. The van der Waals surface area contributed by atoms with Gasteiger partial charge in [-0.2, -0.15) is 0 Å². The fraction of sp³-hybridized carbons (Fsp3) is 0.250. The Labute approximate surface area is 128 Å². The number of halogens is 2. The summed E-state index contributed by atoms with van der Waals surface area (Å²) in [6, 6.07) is 16.9. The molecule has 94 valence electrons. The van der Waals surface area contributed by atoms with Crippen LogP contribution in [0.3, 0.4) is 0 Å². The van der Waals surface area contributed by atoms with Crippen molar-refractivity contribution in [3.8, 4) is 0 Å². The molecule has 0 saturated heterocycles. The molecule has 0 bridgehead atoms. The number of rotatable bonds is 4. The standard InChI is InChI=1S/C16H16ClI/c1-2-5-12-8-10-13(11-9-12)16(17)14-6-3-4-7-15(14)18/h3-4,6-11,16H,2,5H2,1H3. The van der Waals surface area contributed by atoms with E-state index in [2.05, 4.69) is 65.9 Å². The van der Waals surface area contributed by atoms with E-state index in [1.165, 1.54) is 26.7 Å². The smallest absolute Gasteiger partial charge is 0.0845 e. The van der Waals surface area contributed by atoms with Gasteiger partial charge in [0.2, 0.25) is 0 Å². The summed E-state index contributed by atoms with van der Waals surface area (Å²) in [5.41, 5.74) is 3.73. The van der Waals surface area contributed by atoms with Crippen molar-refractivity contribution in [1.82, 2.24) is 0 Å². The van der Waals surface area contributed by atoms with Crippen LogP contribution in [0.5, 0.6) is 0 Å². The van der Waals surface area contributed by atoms with Gasteiger partial charge in [0.15, 0.2) is 0 Å². The van der Waals surface area contributed by atoms with Gasteiger partial charge in [0.05, 0.1) is 5.38 Å². The van der Waals surface area contributed by atoms with Gasteiger partial charge in [-0.25, -0.2) is 0 Å². The molecule has 2 rings (SSSR count). The van der Waals surface area contributed by atoms with Gasteiger partial charge in [0, 0.05) is 3.57 Å². The maximum absolute atomic E-state index is 6.56. The van der Waals surface area contributed by atoms with Crippen molar-refractivity contribution >= 4 is 34.2 Å². The van der Waals surface area contributed by atoms with Gasteiger partial charge in [-0.05, 0) is 51.8 Å². The van der Waals surface area contributed by atoms with Crippen molar-refractivity contribution < 1.29 is 0 Å². The normalized spacial score (nSPS) is 12.4. The molecule has 0 aliphatic heterocycles. The summed E-state index contributed by atoms with van der Waals surface area (Å²) in [6.07, 6.45) is 2.32. The molecular formula is C16H16ClI. The lowest BCUT2D eigenvalue weighted by Gasteiger charge is -2.12. The number of alkyl halides is 1. The first kappa shape index (κ1) is 13.9. The van der Waals surface area contributed by atoms with Crippen LogP contribution in [0.25, 0.3) is 0 Å². The molecule has 18 heavy (non-hydrogen) atoms. The van der Waals surface area contributed by atoms with E-state index in [1.807, 2.05) is 12.1 Å². The predicted octanol–water partition coefficient (Wildman–Crippen LogP) is 5.57. The molecule has 0 aliphatic rings. The monoisotopic (exact) mass is 370 g/mol. The highest BCUT2D eigenvalue weighted by Gasteiger charge is 2.13. The van der Waals surface area contributed by atoms with Gasteiger partial charge in [0.25, 0.3) is 0 Å². The third-order valence-corrected chi connectivity index (χ3v) is 4.46. The van der Waals surface area contributed by atoms with Gasteiger partial charge >= 0.3 is 0 Å². The van der Waals surface area contributed by atoms with Gasteiger partial charge in [-0.1, -0.05) is 55.8 Å². The van der Waals surface area contributed by atoms with Gasteiger partial charge in [-0.3, -0.25) is 0 Å². The van der Waals surface area contributed by atoms with Gasteiger partial charge < -0.3 is 0 Å². The predicted molar refractivity (Wildman–Crippen MR) is 87.3 cm³/mol. The van der Waals surface area contributed by atoms with Crippen LogP contribution in [-0.2, 0) is 6.42 Å². The summed E-state index contributed by atoms with van der Waals surface area (Å²) in [5, 5.41) is -0.0613. The zero-order valence-corrected chi connectivity index (χ0v) is 13.3. The van der Waals surface area contributed by atoms with Crippen LogP contribution in [0.1, 0.15) is 35.4 Å². The minimum absolute atomic E-state index is 0.0613. The van der Waals surface area contributed by atoms with Crippen molar-refractivity contribution in [2.45, 2.75) is 25.1 Å². The molecule has 0 spiro atoms. The Bertz CT molecular complexity index is 505. The maximum Gasteiger partial charge on any atom is 0.0845 e. The van der Waals surface area contributed by atoms with Crippen LogP contribution in [0.4, 0.5) is 0 Å². The summed E-state index contributed by atoms with van der Waals surface area (Å²) < 4.78 is 1.22. The van der Waals surface area contributed by atoms with E-state index < -0.39 is 0 Å².